The molecule has 0 atom stereocenters. The zero-order valence-electron chi connectivity index (χ0n) is 2.94. The molecule has 0 bridgehead atoms. The Morgan fingerprint density at radius 3 is 2.80 bits per heavy atom. The van der Waals surface area contributed by atoms with Crippen molar-refractivity contribution in [3.05, 3.63) is 0 Å². The maximum absolute atomic E-state index is 4.72. The van der Waals surface area contributed by atoms with Crippen molar-refractivity contribution >= 4 is 7.48 Å². The van der Waals surface area contributed by atoms with Gasteiger partial charge in [0, 0.05) is 0 Å². The van der Waals surface area contributed by atoms with Gasteiger partial charge >= 0.3 is 7.48 Å². The summed E-state index contributed by atoms with van der Waals surface area (Å²) in [5.74, 6) is 0. The van der Waals surface area contributed by atoms with Gasteiger partial charge in [0.2, 0.25) is 0 Å². The maximum Gasteiger partial charge on any atom is 0.304 e. The van der Waals surface area contributed by atoms with Crippen LogP contribution in [0, 0.1) is 0 Å². The van der Waals surface area contributed by atoms with Crippen molar-refractivity contribution in [3.63, 3.8) is 0 Å². The molecule has 3 heteroatoms. The van der Waals surface area contributed by atoms with E-state index in [-0.39, 0.29) is 0 Å². The first-order valence-electron chi connectivity index (χ1n) is 1.65. The summed E-state index contributed by atoms with van der Waals surface area (Å²) in [6.07, 6.45) is 0. The van der Waals surface area contributed by atoms with Gasteiger partial charge in [-0.15, -0.1) is 0 Å². The van der Waals surface area contributed by atoms with Crippen molar-refractivity contribution in [3.8, 4) is 0 Å². The number of hydrogen-bond donors (Lipinski definition) is 0. The van der Waals surface area contributed by atoms with E-state index in [1.54, 1.807) is 0 Å². The first-order chi connectivity index (χ1) is 2.50. The summed E-state index contributed by atoms with van der Waals surface area (Å²) in [5.41, 5.74) is 0. The SMILES string of the molecule is B1COCO1. The molecule has 2 nitrogen and oxygen atoms in total. The van der Waals surface area contributed by atoms with E-state index in [0.717, 1.165) is 14.0 Å². The Morgan fingerprint density at radius 1 is 1.60 bits per heavy atom. The van der Waals surface area contributed by atoms with Crippen LogP contribution in [0.25, 0.3) is 0 Å². The van der Waals surface area contributed by atoms with Crippen LogP contribution in [-0.4, -0.2) is 20.8 Å². The van der Waals surface area contributed by atoms with E-state index >= 15 is 0 Å². The smallest absolute Gasteiger partial charge is 0.304 e. The van der Waals surface area contributed by atoms with Crippen LogP contribution in [-0.2, 0) is 9.39 Å². The van der Waals surface area contributed by atoms with E-state index in [1.807, 2.05) is 0 Å². The molecule has 1 rings (SSSR count). The zero-order chi connectivity index (χ0) is 3.54. The lowest BCUT2D eigenvalue weighted by molar-refractivity contribution is 0.0916. The van der Waals surface area contributed by atoms with Crippen LogP contribution in [0.3, 0.4) is 0 Å². The van der Waals surface area contributed by atoms with Crippen molar-refractivity contribution in [1.29, 1.82) is 0 Å². The fourth-order valence-electron chi connectivity index (χ4n) is 0.295. The molecule has 1 aliphatic rings. The van der Waals surface area contributed by atoms with E-state index < -0.39 is 0 Å². The van der Waals surface area contributed by atoms with Gasteiger partial charge in [0.05, 0.1) is 6.51 Å². The number of rotatable bonds is 0. The molecule has 0 radical (unpaired) electrons. The standard InChI is InChI=1S/C2H5BO2/c1-3-5-2-4-1/h3H,1-2H2. The molecule has 0 N–H and O–H groups in total. The average molecular weight is 71.9 g/mol. The predicted octanol–water partition coefficient (Wildman–Crippen LogP) is -0.700. The number of hydrogen-bond acceptors (Lipinski definition) is 2. The van der Waals surface area contributed by atoms with Gasteiger partial charge in [-0.2, -0.15) is 0 Å². The summed E-state index contributed by atoms with van der Waals surface area (Å²) < 4.78 is 9.44. The summed E-state index contributed by atoms with van der Waals surface area (Å²) in [5, 5.41) is 0. The molecule has 28 valence electrons. The van der Waals surface area contributed by atoms with Crippen LogP contribution in [0.15, 0.2) is 0 Å². The van der Waals surface area contributed by atoms with Crippen LogP contribution >= 0.6 is 0 Å². The lowest BCUT2D eigenvalue weighted by atomic mass is 10.1. The third-order valence-corrected chi connectivity index (χ3v) is 0.539. The minimum atomic E-state index is 0.500. The van der Waals surface area contributed by atoms with Crippen LogP contribution in [0.2, 0.25) is 0 Å². The normalized spacial score (nSPS) is 22.4. The lowest BCUT2D eigenvalue weighted by Crippen LogP contribution is -1.86. The Kier molecular flexibility index (Phi) is 0.910. The van der Waals surface area contributed by atoms with Gasteiger partial charge in [-0.25, -0.2) is 0 Å². The van der Waals surface area contributed by atoms with Crippen LogP contribution in [0.5, 0.6) is 0 Å². The second kappa shape index (κ2) is 1.43. The molecule has 0 aliphatic carbocycles. The highest BCUT2D eigenvalue weighted by molar-refractivity contribution is 6.27. The maximum atomic E-state index is 4.72. The highest BCUT2D eigenvalue weighted by atomic mass is 16.7. The molecular formula is C2H5BO2. The third-order valence-electron chi connectivity index (χ3n) is 0.539. The molecule has 1 heterocycles. The lowest BCUT2D eigenvalue weighted by Gasteiger charge is -1.78. The monoisotopic (exact) mass is 72.0 g/mol. The topological polar surface area (TPSA) is 18.5 Å². The van der Waals surface area contributed by atoms with Crippen molar-refractivity contribution in [2.24, 2.45) is 0 Å². The van der Waals surface area contributed by atoms with Crippen molar-refractivity contribution < 1.29 is 9.39 Å². The second-order valence-corrected chi connectivity index (χ2v) is 0.934. The fourth-order valence-corrected chi connectivity index (χ4v) is 0.295. The first-order valence-corrected chi connectivity index (χ1v) is 1.65. The quantitative estimate of drug-likeness (QED) is 0.352. The number of ether oxygens (including phenoxy) is 1. The highest BCUT2D eigenvalue weighted by Gasteiger charge is 1.97. The zero-order valence-corrected chi connectivity index (χ0v) is 2.94. The summed E-state index contributed by atoms with van der Waals surface area (Å²) in [7, 11) is 0.778. The Morgan fingerprint density at radius 2 is 2.60 bits per heavy atom. The molecule has 1 fully saturated rings. The molecule has 5 heavy (non-hydrogen) atoms. The Labute approximate surface area is 31.3 Å². The molecule has 1 saturated heterocycles. The second-order valence-electron chi connectivity index (χ2n) is 0.934. The molecule has 0 saturated carbocycles. The van der Waals surface area contributed by atoms with E-state index in [9.17, 15) is 0 Å². The van der Waals surface area contributed by atoms with Gasteiger partial charge in [-0.05, 0) is 0 Å². The summed E-state index contributed by atoms with van der Waals surface area (Å²) in [6, 6.07) is 0. The van der Waals surface area contributed by atoms with Gasteiger partial charge in [-0.1, -0.05) is 0 Å². The molecule has 0 spiro atoms. The van der Waals surface area contributed by atoms with Gasteiger partial charge < -0.3 is 9.39 Å². The molecule has 1 aliphatic heterocycles. The van der Waals surface area contributed by atoms with E-state index in [1.165, 1.54) is 0 Å². The minimum Gasteiger partial charge on any atom is -0.416 e. The largest absolute Gasteiger partial charge is 0.416 e. The highest BCUT2D eigenvalue weighted by Crippen LogP contribution is 1.82. The van der Waals surface area contributed by atoms with Crippen molar-refractivity contribution in [1.82, 2.24) is 0 Å². The molecular weight excluding hydrogens is 66.8 g/mol. The average Bonchev–Trinajstić information content (AvgIpc) is 1.76. The summed E-state index contributed by atoms with van der Waals surface area (Å²) in [6.45, 7) is 1.28. The van der Waals surface area contributed by atoms with Gasteiger partial charge in [0.25, 0.3) is 0 Å². The first kappa shape index (κ1) is 3.19. The van der Waals surface area contributed by atoms with Crippen molar-refractivity contribution in [2.75, 3.05) is 13.3 Å². The Balaban J connectivity index is 2.08. The van der Waals surface area contributed by atoms with Gasteiger partial charge in [0.15, 0.2) is 0 Å². The third kappa shape index (κ3) is 0.632. The molecule has 0 aromatic heterocycles. The van der Waals surface area contributed by atoms with Crippen molar-refractivity contribution in [2.45, 2.75) is 0 Å². The Hall–Kier alpha value is -0.0151. The van der Waals surface area contributed by atoms with E-state index in [2.05, 4.69) is 0 Å². The summed E-state index contributed by atoms with van der Waals surface area (Å²) >= 11 is 0. The molecule has 0 unspecified atom stereocenters. The van der Waals surface area contributed by atoms with Crippen LogP contribution in [0.4, 0.5) is 0 Å². The molecule has 0 aromatic carbocycles. The Bertz CT molecular complexity index is 19.2. The van der Waals surface area contributed by atoms with Crippen LogP contribution in [0.1, 0.15) is 0 Å². The molecule has 0 amide bonds. The van der Waals surface area contributed by atoms with Gasteiger partial charge in [0.1, 0.15) is 6.79 Å². The fraction of sp³-hybridized carbons (Fsp3) is 1.00. The summed E-state index contributed by atoms with van der Waals surface area (Å²) in [4.78, 5) is 0. The van der Waals surface area contributed by atoms with Gasteiger partial charge in [-0.3, -0.25) is 0 Å². The molecule has 0 aromatic rings. The van der Waals surface area contributed by atoms with E-state index in [4.69, 9.17) is 9.39 Å². The predicted molar refractivity (Wildman–Crippen MR) is 19.1 cm³/mol. The van der Waals surface area contributed by atoms with Crippen LogP contribution < -0.4 is 0 Å². The van der Waals surface area contributed by atoms with E-state index in [0.29, 0.717) is 6.79 Å². The minimum absolute atomic E-state index is 0.500.